The molecule has 1 aromatic rings. The summed E-state index contributed by atoms with van der Waals surface area (Å²) in [5.41, 5.74) is 7.80. The van der Waals surface area contributed by atoms with Gasteiger partial charge in [-0.25, -0.2) is 0 Å². The van der Waals surface area contributed by atoms with E-state index in [1.54, 1.807) is 6.07 Å². The number of halogens is 1. The highest BCUT2D eigenvalue weighted by molar-refractivity contribution is 6.32. The number of rotatable bonds is 6. The first-order chi connectivity index (χ1) is 8.45. The van der Waals surface area contributed by atoms with Gasteiger partial charge < -0.3 is 15.6 Å². The van der Waals surface area contributed by atoms with Crippen molar-refractivity contribution >= 4 is 17.6 Å². The number of hydrogen-bond donors (Lipinski definition) is 2. The predicted octanol–water partition coefficient (Wildman–Crippen LogP) is 2.91. The largest absolute Gasteiger partial charge is 0.492 e. The third kappa shape index (κ3) is 3.89. The summed E-state index contributed by atoms with van der Waals surface area (Å²) in [6, 6.07) is 3.27. The van der Waals surface area contributed by atoms with E-state index in [2.05, 4.69) is 0 Å². The van der Waals surface area contributed by atoms with Crippen molar-refractivity contribution < 1.29 is 14.6 Å². The minimum Gasteiger partial charge on any atom is -0.492 e. The van der Waals surface area contributed by atoms with E-state index in [4.69, 9.17) is 27.2 Å². The fourth-order valence-electron chi connectivity index (χ4n) is 1.77. The topological polar surface area (TPSA) is 72.5 Å². The van der Waals surface area contributed by atoms with Gasteiger partial charge in [-0.3, -0.25) is 4.79 Å². The number of carboxylic acid groups (broad SMARTS) is 1. The Hall–Kier alpha value is -1.26. The van der Waals surface area contributed by atoms with Gasteiger partial charge in [-0.15, -0.1) is 0 Å². The maximum absolute atomic E-state index is 10.5. The van der Waals surface area contributed by atoms with Gasteiger partial charge in [0, 0.05) is 12.5 Å². The van der Waals surface area contributed by atoms with Crippen molar-refractivity contribution in [2.75, 3.05) is 6.61 Å². The highest BCUT2D eigenvalue weighted by Gasteiger charge is 2.14. The van der Waals surface area contributed by atoms with Crippen LogP contribution < -0.4 is 10.5 Å². The summed E-state index contributed by atoms with van der Waals surface area (Å²) in [6.45, 7) is 4.34. The van der Waals surface area contributed by atoms with Gasteiger partial charge in [0.2, 0.25) is 0 Å². The molecular formula is C13H18ClNO3. The lowest BCUT2D eigenvalue weighted by Crippen LogP contribution is -2.13. The Kier molecular flexibility index (Phi) is 5.44. The molecule has 1 rings (SSSR count). The molecule has 0 fully saturated rings. The Morgan fingerprint density at radius 2 is 2.22 bits per heavy atom. The molecule has 0 aromatic heterocycles. The predicted molar refractivity (Wildman–Crippen MR) is 71.2 cm³/mol. The fraction of sp³-hybridized carbons (Fsp3) is 0.462. The van der Waals surface area contributed by atoms with E-state index in [-0.39, 0.29) is 12.5 Å². The molecule has 100 valence electrons. The van der Waals surface area contributed by atoms with Gasteiger partial charge in [-0.1, -0.05) is 11.6 Å². The molecule has 0 spiro atoms. The van der Waals surface area contributed by atoms with E-state index in [1.807, 2.05) is 19.9 Å². The van der Waals surface area contributed by atoms with Gasteiger partial charge in [0.1, 0.15) is 5.75 Å². The number of benzene rings is 1. The monoisotopic (exact) mass is 271 g/mol. The second-order valence-corrected chi connectivity index (χ2v) is 4.52. The van der Waals surface area contributed by atoms with Crippen LogP contribution in [-0.2, 0) is 4.79 Å². The van der Waals surface area contributed by atoms with Crippen LogP contribution in [0.5, 0.6) is 5.75 Å². The Morgan fingerprint density at radius 1 is 1.56 bits per heavy atom. The fourth-order valence-corrected chi connectivity index (χ4v) is 2.00. The van der Waals surface area contributed by atoms with E-state index in [0.717, 1.165) is 11.1 Å². The number of ether oxygens (including phenoxy) is 1. The van der Waals surface area contributed by atoms with Gasteiger partial charge >= 0.3 is 5.97 Å². The quantitative estimate of drug-likeness (QED) is 0.834. The smallest absolute Gasteiger partial charge is 0.303 e. The van der Waals surface area contributed by atoms with Crippen LogP contribution in [0, 0.1) is 6.92 Å². The second-order valence-electron chi connectivity index (χ2n) is 4.11. The minimum atomic E-state index is -0.847. The molecule has 0 saturated heterocycles. The summed E-state index contributed by atoms with van der Waals surface area (Å²) in [6.07, 6.45) is 0.436. The molecule has 1 atom stereocenters. The Bertz CT molecular complexity index is 434. The number of aliphatic carboxylic acids is 1. The zero-order valence-electron chi connectivity index (χ0n) is 10.6. The molecule has 0 radical (unpaired) electrons. The van der Waals surface area contributed by atoms with Gasteiger partial charge in [0.25, 0.3) is 0 Å². The molecule has 4 nitrogen and oxygen atoms in total. The van der Waals surface area contributed by atoms with E-state index < -0.39 is 5.97 Å². The second kappa shape index (κ2) is 6.61. The lowest BCUT2D eigenvalue weighted by molar-refractivity contribution is -0.137. The van der Waals surface area contributed by atoms with Crippen molar-refractivity contribution in [3.8, 4) is 5.75 Å². The maximum atomic E-state index is 10.5. The third-order valence-corrected chi connectivity index (χ3v) is 2.98. The average molecular weight is 272 g/mol. The van der Waals surface area contributed by atoms with E-state index in [0.29, 0.717) is 23.8 Å². The van der Waals surface area contributed by atoms with Crippen LogP contribution in [0.3, 0.4) is 0 Å². The number of aryl methyl sites for hydroxylation is 1. The molecule has 1 unspecified atom stereocenters. The van der Waals surface area contributed by atoms with Crippen LogP contribution in [0.1, 0.15) is 36.9 Å². The molecule has 0 aliphatic heterocycles. The SMILES string of the molecule is CCOc1cc(C)c(C(N)CCC(=O)O)cc1Cl. The molecule has 0 amide bonds. The lowest BCUT2D eigenvalue weighted by atomic mass is 9.98. The summed E-state index contributed by atoms with van der Waals surface area (Å²) in [4.78, 5) is 10.5. The highest BCUT2D eigenvalue weighted by atomic mass is 35.5. The molecular weight excluding hydrogens is 254 g/mol. The average Bonchev–Trinajstić information content (AvgIpc) is 2.30. The Labute approximate surface area is 112 Å². The van der Waals surface area contributed by atoms with Crippen molar-refractivity contribution in [1.29, 1.82) is 0 Å². The summed E-state index contributed by atoms with van der Waals surface area (Å²) in [7, 11) is 0. The van der Waals surface area contributed by atoms with Gasteiger partial charge in [-0.2, -0.15) is 0 Å². The normalized spacial score (nSPS) is 12.2. The first kappa shape index (κ1) is 14.8. The van der Waals surface area contributed by atoms with Crippen molar-refractivity contribution in [2.24, 2.45) is 5.73 Å². The van der Waals surface area contributed by atoms with Crippen LogP contribution in [0.15, 0.2) is 12.1 Å². The molecule has 0 saturated carbocycles. The zero-order valence-corrected chi connectivity index (χ0v) is 11.3. The summed E-state index contributed by atoms with van der Waals surface area (Å²) in [5.74, 6) is -0.217. The number of carboxylic acids is 1. The van der Waals surface area contributed by atoms with E-state index >= 15 is 0 Å². The van der Waals surface area contributed by atoms with Crippen LogP contribution >= 0.6 is 11.6 Å². The van der Waals surface area contributed by atoms with Gasteiger partial charge in [0.15, 0.2) is 0 Å². The Balaban J connectivity index is 2.89. The molecule has 3 N–H and O–H groups in total. The molecule has 1 aromatic carbocycles. The lowest BCUT2D eigenvalue weighted by Gasteiger charge is -2.16. The van der Waals surface area contributed by atoms with Crippen LogP contribution in [0.2, 0.25) is 5.02 Å². The number of hydrogen-bond acceptors (Lipinski definition) is 3. The molecule has 5 heteroatoms. The summed E-state index contributed by atoms with van der Waals surface area (Å²) >= 11 is 6.09. The van der Waals surface area contributed by atoms with Crippen molar-refractivity contribution in [3.05, 3.63) is 28.3 Å². The minimum absolute atomic E-state index is 0.0471. The van der Waals surface area contributed by atoms with Crippen LogP contribution in [-0.4, -0.2) is 17.7 Å². The van der Waals surface area contributed by atoms with Gasteiger partial charge in [0.05, 0.1) is 11.6 Å². The molecule has 0 aliphatic carbocycles. The molecule has 0 heterocycles. The number of nitrogens with two attached hydrogens (primary N) is 1. The molecule has 18 heavy (non-hydrogen) atoms. The highest BCUT2D eigenvalue weighted by Crippen LogP contribution is 2.31. The third-order valence-electron chi connectivity index (χ3n) is 2.69. The summed E-state index contributed by atoms with van der Waals surface area (Å²) in [5, 5.41) is 9.15. The Morgan fingerprint density at radius 3 is 2.78 bits per heavy atom. The summed E-state index contributed by atoms with van der Waals surface area (Å²) < 4.78 is 5.38. The molecule has 0 bridgehead atoms. The first-order valence-electron chi connectivity index (χ1n) is 5.86. The number of carbonyl (C=O) groups is 1. The molecule has 0 aliphatic rings. The van der Waals surface area contributed by atoms with Gasteiger partial charge in [-0.05, 0) is 43.5 Å². The van der Waals surface area contributed by atoms with Crippen molar-refractivity contribution in [1.82, 2.24) is 0 Å². The van der Waals surface area contributed by atoms with Crippen molar-refractivity contribution in [2.45, 2.75) is 32.7 Å². The van der Waals surface area contributed by atoms with Crippen molar-refractivity contribution in [3.63, 3.8) is 0 Å². The van der Waals surface area contributed by atoms with E-state index in [1.165, 1.54) is 0 Å². The van der Waals surface area contributed by atoms with Crippen LogP contribution in [0.25, 0.3) is 0 Å². The maximum Gasteiger partial charge on any atom is 0.303 e. The first-order valence-corrected chi connectivity index (χ1v) is 6.23. The van der Waals surface area contributed by atoms with E-state index in [9.17, 15) is 4.79 Å². The van der Waals surface area contributed by atoms with Crippen LogP contribution in [0.4, 0.5) is 0 Å². The standard InChI is InChI=1S/C13H18ClNO3/c1-3-18-12-6-8(2)9(7-10(12)14)11(15)4-5-13(16)17/h6-7,11H,3-5,15H2,1-2H3,(H,16,17). The zero-order chi connectivity index (χ0) is 13.7.